The number of guanidine groups is 1. The highest BCUT2D eigenvalue weighted by atomic mass is 16.4. The second kappa shape index (κ2) is 15.3. The van der Waals surface area contributed by atoms with Gasteiger partial charge in [-0.05, 0) is 42.9 Å². The Morgan fingerprint density at radius 1 is 0.946 bits per heavy atom. The number of phenolic OH excluding ortho intramolecular Hbond substituents is 1. The third-order valence-electron chi connectivity index (χ3n) is 5.35. The first-order chi connectivity index (χ1) is 17.3. The van der Waals surface area contributed by atoms with Gasteiger partial charge in [0.2, 0.25) is 17.7 Å². The van der Waals surface area contributed by atoms with Crippen LogP contribution in [-0.4, -0.2) is 82.3 Å². The number of benzene rings is 1. The number of aliphatic carboxylic acids is 1. The molecule has 37 heavy (non-hydrogen) atoms. The van der Waals surface area contributed by atoms with Crippen LogP contribution in [0.15, 0.2) is 29.3 Å². The lowest BCUT2D eigenvalue weighted by atomic mass is 10.0. The van der Waals surface area contributed by atoms with Gasteiger partial charge in [-0.25, -0.2) is 4.79 Å². The first-order valence-electron chi connectivity index (χ1n) is 11.7. The quantitative estimate of drug-likeness (QED) is 0.0663. The number of nitrogens with two attached hydrogens (primary N) is 3. The van der Waals surface area contributed by atoms with E-state index in [1.54, 1.807) is 26.0 Å². The van der Waals surface area contributed by atoms with E-state index in [2.05, 4.69) is 20.9 Å². The molecule has 0 saturated heterocycles. The summed E-state index contributed by atoms with van der Waals surface area (Å²) in [7, 11) is 0. The van der Waals surface area contributed by atoms with E-state index < -0.39 is 60.4 Å². The number of hydrogen-bond acceptors (Lipinski definition) is 8. The maximum atomic E-state index is 12.8. The largest absolute Gasteiger partial charge is 0.508 e. The molecule has 0 heterocycles. The maximum absolute atomic E-state index is 12.8. The minimum Gasteiger partial charge on any atom is -0.508 e. The van der Waals surface area contributed by atoms with Crippen LogP contribution in [0.4, 0.5) is 0 Å². The van der Waals surface area contributed by atoms with E-state index in [0.29, 0.717) is 5.56 Å². The Morgan fingerprint density at radius 3 is 2.03 bits per heavy atom. The highest BCUT2D eigenvalue weighted by Gasteiger charge is 2.31. The fraction of sp³-hybridized carbons (Fsp3) is 0.522. The van der Waals surface area contributed by atoms with Crippen LogP contribution in [0.2, 0.25) is 0 Å². The lowest BCUT2D eigenvalue weighted by Gasteiger charge is -2.25. The van der Waals surface area contributed by atoms with Crippen LogP contribution in [0.25, 0.3) is 0 Å². The van der Waals surface area contributed by atoms with E-state index in [4.69, 9.17) is 17.2 Å². The molecule has 0 bridgehead atoms. The molecule has 0 aromatic heterocycles. The molecule has 0 aliphatic heterocycles. The number of carbonyl (C=O) groups is 4. The molecule has 0 aliphatic rings. The van der Waals surface area contributed by atoms with Crippen LogP contribution in [0, 0.1) is 5.92 Å². The zero-order valence-electron chi connectivity index (χ0n) is 20.9. The van der Waals surface area contributed by atoms with Crippen LogP contribution < -0.4 is 33.2 Å². The van der Waals surface area contributed by atoms with Crippen molar-refractivity contribution in [3.05, 3.63) is 29.8 Å². The molecule has 14 nitrogen and oxygen atoms in total. The Morgan fingerprint density at radius 2 is 1.51 bits per heavy atom. The molecule has 14 heteroatoms. The molecule has 1 rings (SSSR count). The number of aliphatic hydroxyl groups excluding tert-OH is 1. The van der Waals surface area contributed by atoms with Gasteiger partial charge in [-0.15, -0.1) is 0 Å². The maximum Gasteiger partial charge on any atom is 0.326 e. The van der Waals surface area contributed by atoms with Crippen molar-refractivity contribution < 1.29 is 34.5 Å². The summed E-state index contributed by atoms with van der Waals surface area (Å²) in [5, 5.41) is 35.6. The summed E-state index contributed by atoms with van der Waals surface area (Å²) in [6.45, 7) is 2.60. The fourth-order valence-electron chi connectivity index (χ4n) is 3.26. The van der Waals surface area contributed by atoms with Crippen LogP contribution >= 0.6 is 0 Å². The first kappa shape index (κ1) is 31.1. The number of amides is 3. The van der Waals surface area contributed by atoms with E-state index in [-0.39, 0.29) is 37.5 Å². The summed E-state index contributed by atoms with van der Waals surface area (Å²) in [6, 6.07) is 1.18. The second-order valence-electron chi connectivity index (χ2n) is 8.80. The number of carboxylic acid groups (broad SMARTS) is 1. The molecule has 0 spiro atoms. The molecule has 206 valence electrons. The van der Waals surface area contributed by atoms with E-state index in [0.717, 1.165) is 0 Å². The molecule has 1 aromatic rings. The lowest BCUT2D eigenvalue weighted by Crippen LogP contribution is -2.58. The standard InChI is InChI=1S/C23H37N7O7/c1-12(2)18(22(36)37)30-20(34)16(4-3-9-27-23(25)26)28-21(35)17(11-31)29-19(33)15(24)10-13-5-7-14(32)8-6-13/h5-8,12,15-18,31-32H,3-4,9-11,24H2,1-2H3,(H,28,35)(H,29,33)(H,30,34)(H,36,37)(H4,25,26,27). The second-order valence-corrected chi connectivity index (χ2v) is 8.80. The summed E-state index contributed by atoms with van der Waals surface area (Å²) in [5.74, 6) is -4.11. The molecule has 4 atom stereocenters. The van der Waals surface area contributed by atoms with Gasteiger partial charge in [0, 0.05) is 6.54 Å². The molecular weight excluding hydrogens is 486 g/mol. The average molecular weight is 524 g/mol. The number of carboxylic acids is 1. The number of rotatable bonds is 15. The van der Waals surface area contributed by atoms with Crippen LogP contribution in [-0.2, 0) is 25.6 Å². The van der Waals surface area contributed by atoms with Crippen molar-refractivity contribution in [3.8, 4) is 5.75 Å². The number of phenols is 1. The monoisotopic (exact) mass is 523 g/mol. The average Bonchev–Trinajstić information content (AvgIpc) is 2.83. The molecule has 1 aromatic carbocycles. The molecule has 3 amide bonds. The highest BCUT2D eigenvalue weighted by Crippen LogP contribution is 2.11. The van der Waals surface area contributed by atoms with Gasteiger partial charge in [0.1, 0.15) is 23.9 Å². The zero-order valence-corrected chi connectivity index (χ0v) is 20.9. The fourth-order valence-corrected chi connectivity index (χ4v) is 3.26. The van der Waals surface area contributed by atoms with Crippen LogP contribution in [0.1, 0.15) is 32.3 Å². The van der Waals surface area contributed by atoms with Crippen LogP contribution in [0.5, 0.6) is 5.75 Å². The molecule has 4 unspecified atom stereocenters. The molecule has 12 N–H and O–H groups in total. The third kappa shape index (κ3) is 11.1. The Labute approximate surface area is 214 Å². The summed E-state index contributed by atoms with van der Waals surface area (Å²) in [4.78, 5) is 53.5. The number of nitrogens with one attached hydrogen (secondary N) is 3. The number of carbonyl (C=O) groups excluding carboxylic acids is 3. The predicted octanol–water partition coefficient (Wildman–Crippen LogP) is -2.50. The number of hydrogen-bond donors (Lipinski definition) is 9. The van der Waals surface area contributed by atoms with Gasteiger partial charge in [-0.1, -0.05) is 26.0 Å². The van der Waals surface area contributed by atoms with E-state index in [9.17, 15) is 34.5 Å². The predicted molar refractivity (Wildman–Crippen MR) is 135 cm³/mol. The van der Waals surface area contributed by atoms with E-state index >= 15 is 0 Å². The summed E-state index contributed by atoms with van der Waals surface area (Å²) in [6.07, 6.45) is 0.419. The van der Waals surface area contributed by atoms with E-state index in [1.807, 2.05) is 0 Å². The third-order valence-corrected chi connectivity index (χ3v) is 5.35. The molecule has 0 fully saturated rings. The Hall–Kier alpha value is -3.91. The van der Waals surface area contributed by atoms with Crippen molar-refractivity contribution in [1.82, 2.24) is 16.0 Å². The van der Waals surface area contributed by atoms with Crippen LogP contribution in [0.3, 0.4) is 0 Å². The number of aromatic hydroxyl groups is 1. The SMILES string of the molecule is CC(C)C(NC(=O)C(CCCN=C(N)N)NC(=O)C(CO)NC(=O)C(N)Cc1ccc(O)cc1)C(=O)O. The zero-order chi connectivity index (χ0) is 28.1. The number of aliphatic hydroxyl groups is 1. The minimum absolute atomic E-state index is 0.0469. The first-order valence-corrected chi connectivity index (χ1v) is 11.7. The number of nitrogens with zero attached hydrogens (tertiary/aromatic N) is 1. The van der Waals surface area contributed by atoms with Crippen molar-refractivity contribution in [2.45, 2.75) is 57.3 Å². The van der Waals surface area contributed by atoms with Crippen molar-refractivity contribution in [3.63, 3.8) is 0 Å². The lowest BCUT2D eigenvalue weighted by molar-refractivity contribution is -0.143. The highest BCUT2D eigenvalue weighted by molar-refractivity contribution is 5.94. The molecular formula is C23H37N7O7. The topological polar surface area (TPSA) is 255 Å². The summed E-state index contributed by atoms with van der Waals surface area (Å²) < 4.78 is 0. The Bertz CT molecular complexity index is 949. The summed E-state index contributed by atoms with van der Waals surface area (Å²) >= 11 is 0. The van der Waals surface area contributed by atoms with Crippen molar-refractivity contribution in [1.29, 1.82) is 0 Å². The Balaban J connectivity index is 2.89. The van der Waals surface area contributed by atoms with Crippen molar-refractivity contribution in [2.75, 3.05) is 13.2 Å². The van der Waals surface area contributed by atoms with Crippen molar-refractivity contribution >= 4 is 29.7 Å². The smallest absolute Gasteiger partial charge is 0.326 e. The molecule has 0 saturated carbocycles. The van der Waals surface area contributed by atoms with Gasteiger partial charge in [-0.3, -0.25) is 19.4 Å². The Kier molecular flexibility index (Phi) is 12.8. The normalized spacial score (nSPS) is 14.1. The van der Waals surface area contributed by atoms with Gasteiger partial charge in [0.25, 0.3) is 0 Å². The van der Waals surface area contributed by atoms with Gasteiger partial charge in [-0.2, -0.15) is 0 Å². The van der Waals surface area contributed by atoms with Gasteiger partial charge < -0.3 is 48.5 Å². The van der Waals surface area contributed by atoms with Gasteiger partial charge >= 0.3 is 5.97 Å². The summed E-state index contributed by atoms with van der Waals surface area (Å²) in [5.41, 5.74) is 17.2. The van der Waals surface area contributed by atoms with Gasteiger partial charge in [0.05, 0.1) is 12.6 Å². The van der Waals surface area contributed by atoms with Crippen molar-refractivity contribution in [2.24, 2.45) is 28.1 Å². The number of aliphatic imine (C=N–C) groups is 1. The minimum atomic E-state index is -1.42. The molecule has 0 radical (unpaired) electrons. The van der Waals surface area contributed by atoms with Gasteiger partial charge in [0.15, 0.2) is 5.96 Å². The van der Waals surface area contributed by atoms with E-state index in [1.165, 1.54) is 12.1 Å². The molecule has 0 aliphatic carbocycles.